The zero-order chi connectivity index (χ0) is 11.4. The molecule has 0 aliphatic heterocycles. The second kappa shape index (κ2) is 11.5. The van der Waals surface area contributed by atoms with Gasteiger partial charge in [0.2, 0.25) is 0 Å². The van der Waals surface area contributed by atoms with E-state index in [-0.39, 0.29) is 0 Å². The summed E-state index contributed by atoms with van der Waals surface area (Å²) in [5.74, 6) is 5.25. The van der Waals surface area contributed by atoms with Crippen LogP contribution in [0, 0.1) is 11.8 Å². The molecule has 4 heteroatoms. The van der Waals surface area contributed by atoms with Crippen molar-refractivity contribution in [2.45, 2.75) is 25.9 Å². The third-order valence-electron chi connectivity index (χ3n) is 1.79. The summed E-state index contributed by atoms with van der Waals surface area (Å²) in [5.41, 5.74) is 5.35. The number of nitrogens with one attached hydrogen (secondary N) is 1. The molecule has 0 fully saturated rings. The molecule has 0 aliphatic carbocycles. The van der Waals surface area contributed by atoms with E-state index in [0.29, 0.717) is 13.2 Å². The lowest BCUT2D eigenvalue weighted by molar-refractivity contribution is 0.0627. The molecular weight excluding hydrogens is 192 g/mol. The molecule has 0 rings (SSSR count). The molecule has 0 radical (unpaired) electrons. The number of ether oxygens (including phenoxy) is 1. The summed E-state index contributed by atoms with van der Waals surface area (Å²) in [7, 11) is 0. The van der Waals surface area contributed by atoms with Crippen LogP contribution in [0.15, 0.2) is 0 Å². The number of aliphatic hydroxyl groups is 1. The number of rotatable bonds is 9. The first-order valence-electron chi connectivity index (χ1n) is 5.40. The van der Waals surface area contributed by atoms with Gasteiger partial charge in [0.1, 0.15) is 6.10 Å². The van der Waals surface area contributed by atoms with E-state index >= 15 is 0 Å². The number of hydrogen-bond donors (Lipinski definition) is 3. The molecule has 4 N–H and O–H groups in total. The molecule has 0 aromatic heterocycles. The number of hydrogen-bond acceptors (Lipinski definition) is 4. The van der Waals surface area contributed by atoms with Gasteiger partial charge < -0.3 is 20.9 Å². The van der Waals surface area contributed by atoms with Crippen LogP contribution in [0.4, 0.5) is 0 Å². The first-order chi connectivity index (χ1) is 7.31. The van der Waals surface area contributed by atoms with E-state index in [1.807, 2.05) is 0 Å². The molecule has 0 aromatic rings. The molecule has 0 aromatic carbocycles. The molecule has 0 bridgehead atoms. The maximum atomic E-state index is 9.19. The molecular formula is C11H22N2O2. The van der Waals surface area contributed by atoms with E-state index in [1.165, 1.54) is 0 Å². The zero-order valence-corrected chi connectivity index (χ0v) is 9.46. The van der Waals surface area contributed by atoms with Gasteiger partial charge in [-0.05, 0) is 39.4 Å². The monoisotopic (exact) mass is 214 g/mol. The van der Waals surface area contributed by atoms with Crippen molar-refractivity contribution in [1.82, 2.24) is 5.32 Å². The van der Waals surface area contributed by atoms with Crippen molar-refractivity contribution >= 4 is 0 Å². The largest absolute Gasteiger partial charge is 0.378 e. The van der Waals surface area contributed by atoms with Crippen molar-refractivity contribution in [3.05, 3.63) is 0 Å². The van der Waals surface area contributed by atoms with Crippen molar-refractivity contribution in [3.63, 3.8) is 0 Å². The minimum absolute atomic E-state index is 0.295. The van der Waals surface area contributed by atoms with Crippen molar-refractivity contribution in [2.24, 2.45) is 5.73 Å². The fraction of sp³-hybridized carbons (Fsp3) is 0.818. The molecule has 0 saturated heterocycles. The highest BCUT2D eigenvalue weighted by atomic mass is 16.5. The summed E-state index contributed by atoms with van der Waals surface area (Å²) < 4.78 is 5.24. The van der Waals surface area contributed by atoms with E-state index < -0.39 is 6.10 Å². The van der Waals surface area contributed by atoms with Crippen LogP contribution >= 0.6 is 0 Å². The normalized spacial score (nSPS) is 11.9. The van der Waals surface area contributed by atoms with Crippen LogP contribution in [0.25, 0.3) is 0 Å². The number of aliphatic hydroxyl groups excluding tert-OH is 1. The van der Waals surface area contributed by atoms with Crippen LogP contribution in [0.2, 0.25) is 0 Å². The fourth-order valence-electron chi connectivity index (χ4n) is 1.05. The maximum absolute atomic E-state index is 9.19. The minimum atomic E-state index is -0.653. The minimum Gasteiger partial charge on any atom is -0.378 e. The van der Waals surface area contributed by atoms with Crippen LogP contribution in [-0.2, 0) is 4.74 Å². The van der Waals surface area contributed by atoms with E-state index in [4.69, 9.17) is 10.5 Å². The number of nitrogens with two attached hydrogens (primary N) is 1. The summed E-state index contributed by atoms with van der Waals surface area (Å²) in [5, 5.41) is 12.4. The van der Waals surface area contributed by atoms with Gasteiger partial charge >= 0.3 is 0 Å². The van der Waals surface area contributed by atoms with E-state index in [1.54, 1.807) is 6.92 Å². The Morgan fingerprint density at radius 2 is 2.13 bits per heavy atom. The average Bonchev–Trinajstić information content (AvgIpc) is 2.22. The molecule has 88 valence electrons. The van der Waals surface area contributed by atoms with Gasteiger partial charge in [-0.1, -0.05) is 5.92 Å². The Hall–Kier alpha value is -0.600. The molecule has 1 unspecified atom stereocenters. The second-order valence-corrected chi connectivity index (χ2v) is 3.23. The van der Waals surface area contributed by atoms with Crippen molar-refractivity contribution < 1.29 is 9.84 Å². The van der Waals surface area contributed by atoms with Crippen LogP contribution in [0.1, 0.15) is 19.8 Å². The Bertz CT molecular complexity index is 187. The summed E-state index contributed by atoms with van der Waals surface area (Å²) in [4.78, 5) is 0. The van der Waals surface area contributed by atoms with Crippen LogP contribution in [-0.4, -0.2) is 44.1 Å². The summed E-state index contributed by atoms with van der Waals surface area (Å²) >= 11 is 0. The van der Waals surface area contributed by atoms with Crippen molar-refractivity contribution in [1.29, 1.82) is 0 Å². The van der Waals surface area contributed by atoms with E-state index in [2.05, 4.69) is 17.2 Å². The Balaban J connectivity index is 3.06. The van der Waals surface area contributed by atoms with E-state index in [0.717, 1.165) is 32.5 Å². The average molecular weight is 214 g/mol. The van der Waals surface area contributed by atoms with Gasteiger partial charge in [-0.15, -0.1) is 5.92 Å². The maximum Gasteiger partial charge on any atom is 0.137 e. The lowest BCUT2D eigenvalue weighted by Crippen LogP contribution is -2.21. The van der Waals surface area contributed by atoms with Gasteiger partial charge in [-0.2, -0.15) is 0 Å². The van der Waals surface area contributed by atoms with Crippen LogP contribution in [0.3, 0.4) is 0 Å². The molecule has 0 saturated carbocycles. The standard InChI is InChI=1S/C11H22N2O2/c1-2-5-11(14)10-15-9-4-8-13-7-3-6-12/h11,13-14H,3-4,6-10,12H2,1H3. The SMILES string of the molecule is CC#CC(O)COCCCNCCCN. The predicted molar refractivity (Wildman–Crippen MR) is 61.4 cm³/mol. The van der Waals surface area contributed by atoms with E-state index in [9.17, 15) is 5.11 Å². The lowest BCUT2D eigenvalue weighted by atomic mass is 10.4. The molecule has 1 atom stereocenters. The van der Waals surface area contributed by atoms with Gasteiger partial charge in [0.05, 0.1) is 6.61 Å². The molecule has 4 nitrogen and oxygen atoms in total. The van der Waals surface area contributed by atoms with Crippen LogP contribution in [0.5, 0.6) is 0 Å². The highest BCUT2D eigenvalue weighted by Gasteiger charge is 1.97. The smallest absolute Gasteiger partial charge is 0.137 e. The van der Waals surface area contributed by atoms with Gasteiger partial charge in [-0.25, -0.2) is 0 Å². The van der Waals surface area contributed by atoms with Crippen LogP contribution < -0.4 is 11.1 Å². The molecule has 0 aliphatic rings. The van der Waals surface area contributed by atoms with Gasteiger partial charge in [0.25, 0.3) is 0 Å². The second-order valence-electron chi connectivity index (χ2n) is 3.23. The summed E-state index contributed by atoms with van der Waals surface area (Å²) in [6.07, 6.45) is 1.29. The zero-order valence-electron chi connectivity index (χ0n) is 9.46. The topological polar surface area (TPSA) is 67.5 Å². The Morgan fingerprint density at radius 3 is 2.80 bits per heavy atom. The Kier molecular flexibility index (Phi) is 11.0. The molecule has 0 amide bonds. The molecule has 15 heavy (non-hydrogen) atoms. The highest BCUT2D eigenvalue weighted by Crippen LogP contribution is 1.86. The lowest BCUT2D eigenvalue weighted by Gasteiger charge is -2.06. The third kappa shape index (κ3) is 11.3. The quantitative estimate of drug-likeness (QED) is 0.365. The summed E-state index contributed by atoms with van der Waals surface area (Å²) in [6, 6.07) is 0. The predicted octanol–water partition coefficient (Wildman–Crippen LogP) is -0.284. The molecule has 0 heterocycles. The van der Waals surface area contributed by atoms with Gasteiger partial charge in [0.15, 0.2) is 0 Å². The highest BCUT2D eigenvalue weighted by molar-refractivity contribution is 5.01. The third-order valence-corrected chi connectivity index (χ3v) is 1.79. The van der Waals surface area contributed by atoms with Gasteiger partial charge in [0, 0.05) is 6.61 Å². The first kappa shape index (κ1) is 14.4. The Morgan fingerprint density at radius 1 is 1.40 bits per heavy atom. The van der Waals surface area contributed by atoms with Gasteiger partial charge in [-0.3, -0.25) is 0 Å². The fourth-order valence-corrected chi connectivity index (χ4v) is 1.05. The van der Waals surface area contributed by atoms with Crippen molar-refractivity contribution in [2.75, 3.05) is 32.8 Å². The van der Waals surface area contributed by atoms with Crippen molar-refractivity contribution in [3.8, 4) is 11.8 Å². The Labute approximate surface area is 92.2 Å². The summed E-state index contributed by atoms with van der Waals surface area (Å²) in [6.45, 7) is 5.26. The molecule has 0 spiro atoms. The first-order valence-corrected chi connectivity index (χ1v) is 5.40.